The average Bonchev–Trinajstić information content (AvgIpc) is 3.37. The van der Waals surface area contributed by atoms with Gasteiger partial charge >= 0.3 is 6.03 Å². The van der Waals surface area contributed by atoms with Crippen LogP contribution >= 0.6 is 11.6 Å². The van der Waals surface area contributed by atoms with Gasteiger partial charge in [-0.3, -0.25) is 15.6 Å². The van der Waals surface area contributed by atoms with Gasteiger partial charge in [0.05, 0.1) is 17.5 Å². The van der Waals surface area contributed by atoms with Crippen molar-refractivity contribution in [3.05, 3.63) is 29.0 Å². The lowest BCUT2D eigenvalue weighted by atomic mass is 10.1. The Morgan fingerprint density at radius 2 is 2.20 bits per heavy atom. The molecule has 2 fully saturated rings. The number of urea groups is 1. The van der Waals surface area contributed by atoms with Gasteiger partial charge in [-0.1, -0.05) is 11.6 Å². The maximum atomic E-state index is 13.2. The molecule has 1 aromatic rings. The molecular weight excluding hydrogens is 483 g/mol. The smallest absolute Gasteiger partial charge is 0.319 e. The highest BCUT2D eigenvalue weighted by atomic mass is 35.5. The zero-order chi connectivity index (χ0) is 25.1. The fourth-order valence-electron chi connectivity index (χ4n) is 4.45. The largest absolute Gasteiger partial charge is 0.387 e. The number of carbonyl (C=O) groups excluding carboxylic acids is 1. The van der Waals surface area contributed by atoms with Gasteiger partial charge in [-0.25, -0.2) is 9.18 Å². The Labute approximate surface area is 207 Å². The molecule has 3 heterocycles. The van der Waals surface area contributed by atoms with E-state index in [1.54, 1.807) is 11.2 Å². The molecule has 3 aliphatic heterocycles. The van der Waals surface area contributed by atoms with Crippen LogP contribution in [-0.2, 0) is 4.74 Å². The van der Waals surface area contributed by atoms with Crippen LogP contribution in [0.4, 0.5) is 14.9 Å². The molecule has 194 valence electrons. The second kappa shape index (κ2) is 11.3. The van der Waals surface area contributed by atoms with Gasteiger partial charge in [-0.2, -0.15) is 0 Å². The standard InChI is InChI=1S/C21H32ClFN8O4/c1-30(6-2-5-25-21(34)29-11-3-4-13(23)12(22)7-11)8-14-16(32)17(33)20(35-14)31-10-28-15-18(24)26-9-27-19(15)31/h3-4,7,10,14-20,26-27,32-33H,2,5-6,8-9,24H2,1H3,(H2,25,29,34)/t14-,15?,16-,17-,18?,19?,20-/m1/s1. The lowest BCUT2D eigenvalue weighted by Crippen LogP contribution is -2.67. The Balaban J connectivity index is 1.18. The normalized spacial score (nSPS) is 32.2. The van der Waals surface area contributed by atoms with Crippen molar-refractivity contribution >= 4 is 29.7 Å². The molecule has 35 heavy (non-hydrogen) atoms. The van der Waals surface area contributed by atoms with Crippen LogP contribution in [0.3, 0.4) is 0 Å². The quantitative estimate of drug-likeness (QED) is 0.212. The Kier molecular flexibility index (Phi) is 8.39. The molecular formula is C21H32ClFN8O4. The minimum Gasteiger partial charge on any atom is -0.387 e. The summed E-state index contributed by atoms with van der Waals surface area (Å²) in [4.78, 5) is 20.2. The summed E-state index contributed by atoms with van der Waals surface area (Å²) < 4.78 is 19.2. The van der Waals surface area contributed by atoms with Crippen molar-refractivity contribution in [2.45, 2.75) is 49.3 Å². The SMILES string of the molecule is CN(CCCNC(=O)Nc1ccc(F)c(Cl)c1)C[C@H]1O[C@@H](N2C=NC3C(N)NCNC32)[C@H](O)[C@@H]1O. The zero-order valence-electron chi connectivity index (χ0n) is 19.3. The van der Waals surface area contributed by atoms with Crippen LogP contribution in [-0.4, -0.2) is 109 Å². The molecule has 3 unspecified atom stereocenters. The van der Waals surface area contributed by atoms with E-state index < -0.39 is 36.4 Å². The molecule has 2 saturated heterocycles. The molecule has 4 rings (SSSR count). The summed E-state index contributed by atoms with van der Waals surface area (Å²) in [5, 5.41) is 32.8. The maximum Gasteiger partial charge on any atom is 0.319 e. The lowest BCUT2D eigenvalue weighted by Gasteiger charge is -2.39. The van der Waals surface area contributed by atoms with Gasteiger partial charge < -0.3 is 41.1 Å². The van der Waals surface area contributed by atoms with Crippen LogP contribution in [0, 0.1) is 5.82 Å². The van der Waals surface area contributed by atoms with Gasteiger partial charge in [0, 0.05) is 25.4 Å². The fraction of sp³-hybridized carbons (Fsp3) is 0.619. The number of aliphatic hydroxyl groups excluding tert-OH is 2. The summed E-state index contributed by atoms with van der Waals surface area (Å²) in [6, 6.07) is 3.30. The Hall–Kier alpha value is -2.10. The number of nitrogens with zero attached hydrogens (tertiary/aromatic N) is 3. The minimum absolute atomic E-state index is 0.0690. The van der Waals surface area contributed by atoms with Crippen LogP contribution < -0.4 is 27.0 Å². The number of aliphatic imine (C=N–C) groups is 1. The van der Waals surface area contributed by atoms with Gasteiger partial charge in [0.25, 0.3) is 0 Å². The number of hydrogen-bond acceptors (Lipinski definition) is 10. The average molecular weight is 515 g/mol. The number of benzene rings is 1. The predicted molar refractivity (Wildman–Crippen MR) is 128 cm³/mol. The van der Waals surface area contributed by atoms with Crippen molar-refractivity contribution < 1.29 is 24.1 Å². The predicted octanol–water partition coefficient (Wildman–Crippen LogP) is -1.16. The number of likely N-dealkylation sites (N-methyl/N-ethyl adjacent to an activating group) is 1. The molecule has 3 aliphatic rings. The van der Waals surface area contributed by atoms with Gasteiger partial charge in [0.15, 0.2) is 6.23 Å². The van der Waals surface area contributed by atoms with E-state index in [1.165, 1.54) is 18.2 Å². The second-order valence-corrected chi connectivity index (χ2v) is 9.34. The highest BCUT2D eigenvalue weighted by Gasteiger charge is 2.50. The van der Waals surface area contributed by atoms with Gasteiger partial charge in [-0.05, 0) is 38.2 Å². The van der Waals surface area contributed by atoms with Crippen LogP contribution in [0.5, 0.6) is 0 Å². The Morgan fingerprint density at radius 3 is 2.97 bits per heavy atom. The van der Waals surface area contributed by atoms with Crippen LogP contribution in [0.1, 0.15) is 6.42 Å². The minimum atomic E-state index is -1.10. The van der Waals surface area contributed by atoms with Crippen molar-refractivity contribution in [2.75, 3.05) is 38.7 Å². The molecule has 7 atom stereocenters. The van der Waals surface area contributed by atoms with E-state index in [0.29, 0.717) is 38.4 Å². The van der Waals surface area contributed by atoms with Gasteiger partial charge in [0.2, 0.25) is 0 Å². The summed E-state index contributed by atoms with van der Waals surface area (Å²) >= 11 is 5.71. The maximum absolute atomic E-state index is 13.2. The molecule has 8 N–H and O–H groups in total. The van der Waals surface area contributed by atoms with Crippen LogP contribution in [0.15, 0.2) is 23.2 Å². The number of fused-ring (bicyclic) bond motifs is 1. The van der Waals surface area contributed by atoms with Crippen LogP contribution in [0.2, 0.25) is 5.02 Å². The number of carbonyl (C=O) groups is 1. The zero-order valence-corrected chi connectivity index (χ0v) is 20.0. The summed E-state index contributed by atoms with van der Waals surface area (Å²) in [7, 11) is 1.87. The van der Waals surface area contributed by atoms with Crippen molar-refractivity contribution in [1.82, 2.24) is 25.8 Å². The first-order valence-electron chi connectivity index (χ1n) is 11.5. The van der Waals surface area contributed by atoms with E-state index in [9.17, 15) is 19.4 Å². The number of nitrogens with one attached hydrogen (secondary N) is 4. The second-order valence-electron chi connectivity index (χ2n) is 8.93. The van der Waals surface area contributed by atoms with Crippen molar-refractivity contribution in [2.24, 2.45) is 10.7 Å². The van der Waals surface area contributed by atoms with Gasteiger partial charge in [-0.15, -0.1) is 0 Å². The summed E-state index contributed by atoms with van der Waals surface area (Å²) in [5.41, 5.74) is 6.45. The summed E-state index contributed by atoms with van der Waals surface area (Å²) in [6.07, 6.45) is -1.78. The number of anilines is 1. The third-order valence-corrected chi connectivity index (χ3v) is 6.63. The number of amides is 2. The molecule has 0 saturated carbocycles. The Bertz CT molecular complexity index is 929. The third-order valence-electron chi connectivity index (χ3n) is 6.34. The molecule has 0 radical (unpaired) electrons. The summed E-state index contributed by atoms with van der Waals surface area (Å²) in [5.74, 6) is -0.555. The van der Waals surface area contributed by atoms with E-state index in [0.717, 1.165) is 0 Å². The number of hydrogen-bond donors (Lipinski definition) is 7. The van der Waals surface area contributed by atoms with Crippen molar-refractivity contribution in [3.8, 4) is 0 Å². The molecule has 1 aromatic carbocycles. The monoisotopic (exact) mass is 514 g/mol. The Morgan fingerprint density at radius 1 is 1.40 bits per heavy atom. The van der Waals surface area contributed by atoms with E-state index in [1.807, 2.05) is 11.9 Å². The van der Waals surface area contributed by atoms with E-state index in [4.69, 9.17) is 22.1 Å². The number of ether oxygens (including phenoxy) is 1. The molecule has 12 nitrogen and oxygen atoms in total. The van der Waals surface area contributed by atoms with E-state index in [-0.39, 0.29) is 23.4 Å². The van der Waals surface area contributed by atoms with E-state index in [2.05, 4.69) is 26.3 Å². The molecule has 0 aliphatic carbocycles. The first-order chi connectivity index (χ1) is 16.7. The molecule has 0 aromatic heterocycles. The van der Waals surface area contributed by atoms with E-state index >= 15 is 0 Å². The van der Waals surface area contributed by atoms with Crippen LogP contribution in [0.25, 0.3) is 0 Å². The topological polar surface area (TPSA) is 160 Å². The molecule has 0 bridgehead atoms. The number of aliphatic hydroxyl groups is 2. The third kappa shape index (κ3) is 6.01. The van der Waals surface area contributed by atoms with Crippen molar-refractivity contribution in [1.29, 1.82) is 0 Å². The molecule has 2 amide bonds. The highest BCUT2D eigenvalue weighted by molar-refractivity contribution is 6.31. The first kappa shape index (κ1) is 26.0. The molecule has 0 spiro atoms. The highest BCUT2D eigenvalue weighted by Crippen LogP contribution is 2.29. The number of nitrogens with two attached hydrogens (primary N) is 1. The lowest BCUT2D eigenvalue weighted by molar-refractivity contribution is -0.0818. The van der Waals surface area contributed by atoms with Gasteiger partial charge in [0.1, 0.15) is 36.3 Å². The van der Waals surface area contributed by atoms with Crippen molar-refractivity contribution in [3.63, 3.8) is 0 Å². The number of rotatable bonds is 8. The fourth-order valence-corrected chi connectivity index (χ4v) is 4.63. The first-order valence-corrected chi connectivity index (χ1v) is 11.9. The number of halogens is 2. The summed E-state index contributed by atoms with van der Waals surface area (Å²) in [6.45, 7) is 1.91. The molecule has 14 heteroatoms.